The summed E-state index contributed by atoms with van der Waals surface area (Å²) in [5.74, 6) is -8.24. The number of carbonyl (C=O) groups excluding carboxylic acids is 1. The molecule has 1 unspecified atom stereocenters. The molecule has 1 saturated heterocycles. The lowest BCUT2D eigenvalue weighted by Gasteiger charge is -2.29. The Morgan fingerprint density at radius 1 is 1.00 bits per heavy atom. The zero-order valence-corrected chi connectivity index (χ0v) is 16.7. The molecule has 2 aromatic carbocycles. The first kappa shape index (κ1) is 22.1. The van der Waals surface area contributed by atoms with Gasteiger partial charge >= 0.3 is 11.9 Å². The zero-order chi connectivity index (χ0) is 21.6. The number of carbonyl (C=O) groups is 2. The Labute approximate surface area is 174 Å². The second-order valence-corrected chi connectivity index (χ2v) is 7.67. The van der Waals surface area contributed by atoms with E-state index in [0.29, 0.717) is 13.1 Å². The first-order chi connectivity index (χ1) is 14.4. The molecule has 0 aliphatic carbocycles. The fourth-order valence-corrected chi connectivity index (χ4v) is 3.80. The van der Waals surface area contributed by atoms with Gasteiger partial charge in [-0.05, 0) is 24.1 Å². The third kappa shape index (κ3) is 5.70. The van der Waals surface area contributed by atoms with Crippen LogP contribution in [0.5, 0.6) is 0 Å². The maximum absolute atomic E-state index is 13.3. The van der Waals surface area contributed by atoms with E-state index in [9.17, 15) is 18.4 Å². The predicted octanol–water partition coefficient (Wildman–Crippen LogP) is 3.44. The Hall–Kier alpha value is -2.64. The molecule has 0 aromatic heterocycles. The van der Waals surface area contributed by atoms with Gasteiger partial charge in [0.15, 0.2) is 0 Å². The molecular weight excluding hydrogens is 390 g/mol. The van der Waals surface area contributed by atoms with Gasteiger partial charge in [0.05, 0.1) is 0 Å². The topological polar surface area (TPSA) is 60.9 Å². The standard InChI is InChI=1S/C23H26F2N2O3/c24-23(25,22(29)30)21(28)12-14-26-13-11-20(17-26)27(15-18-7-3-1-4-8-18)16-19-9-5-2-6-10-19/h1-10,20H,11-17H2,(H,29,30). The molecular formula is C23H26F2N2O3. The van der Waals surface area contributed by atoms with Crippen molar-refractivity contribution in [2.75, 3.05) is 19.6 Å². The van der Waals surface area contributed by atoms with Crippen molar-refractivity contribution < 1.29 is 23.5 Å². The minimum Gasteiger partial charge on any atom is -0.476 e. The van der Waals surface area contributed by atoms with Gasteiger partial charge in [-0.1, -0.05) is 60.7 Å². The SMILES string of the molecule is O=C(O)C(F)(F)C(=O)CCN1CCC(N(Cc2ccccc2)Cc2ccccc2)C1. The number of halogens is 2. The van der Waals surface area contributed by atoms with Gasteiger partial charge in [-0.25, -0.2) is 4.79 Å². The summed E-state index contributed by atoms with van der Waals surface area (Å²) < 4.78 is 26.7. The van der Waals surface area contributed by atoms with Crippen LogP contribution in [0.4, 0.5) is 8.78 Å². The average molecular weight is 416 g/mol. The monoisotopic (exact) mass is 416 g/mol. The van der Waals surface area contributed by atoms with E-state index < -0.39 is 24.1 Å². The van der Waals surface area contributed by atoms with E-state index in [1.165, 1.54) is 11.1 Å². The maximum atomic E-state index is 13.3. The van der Waals surface area contributed by atoms with Gasteiger partial charge in [-0.3, -0.25) is 9.69 Å². The van der Waals surface area contributed by atoms with E-state index in [-0.39, 0.29) is 12.6 Å². The van der Waals surface area contributed by atoms with Crippen molar-refractivity contribution in [3.8, 4) is 0 Å². The maximum Gasteiger partial charge on any atom is 0.399 e. The number of hydrogen-bond acceptors (Lipinski definition) is 4. The second kappa shape index (κ2) is 9.91. The third-order valence-electron chi connectivity index (χ3n) is 5.49. The first-order valence-corrected chi connectivity index (χ1v) is 10.0. The Morgan fingerprint density at radius 2 is 1.53 bits per heavy atom. The lowest BCUT2D eigenvalue weighted by Crippen LogP contribution is -2.40. The van der Waals surface area contributed by atoms with E-state index in [1.807, 2.05) is 41.3 Å². The van der Waals surface area contributed by atoms with Gasteiger partial charge in [0.1, 0.15) is 0 Å². The van der Waals surface area contributed by atoms with Crippen molar-refractivity contribution in [2.45, 2.75) is 37.9 Å². The summed E-state index contributed by atoms with van der Waals surface area (Å²) >= 11 is 0. The second-order valence-electron chi connectivity index (χ2n) is 7.67. The molecule has 1 N–H and O–H groups in total. The Morgan fingerprint density at radius 3 is 2.03 bits per heavy atom. The van der Waals surface area contributed by atoms with Crippen LogP contribution in [0.3, 0.4) is 0 Å². The van der Waals surface area contributed by atoms with Gasteiger partial charge < -0.3 is 10.0 Å². The highest BCUT2D eigenvalue weighted by molar-refractivity contribution is 6.04. The number of carboxylic acids is 1. The van der Waals surface area contributed by atoms with E-state index in [0.717, 1.165) is 19.5 Å². The van der Waals surface area contributed by atoms with Gasteiger partial charge in [-0.2, -0.15) is 8.78 Å². The largest absolute Gasteiger partial charge is 0.476 e. The Bertz CT molecular complexity index is 805. The summed E-state index contributed by atoms with van der Waals surface area (Å²) in [5, 5.41) is 8.51. The third-order valence-corrected chi connectivity index (χ3v) is 5.49. The molecule has 0 saturated carbocycles. The van der Waals surface area contributed by atoms with Crippen LogP contribution in [0.15, 0.2) is 60.7 Å². The molecule has 3 rings (SSSR count). The number of Topliss-reactive ketones (excluding diaryl/α,β-unsaturated/α-hetero) is 1. The molecule has 1 aliphatic rings. The quantitative estimate of drug-likeness (QED) is 0.602. The molecule has 1 atom stereocenters. The molecule has 0 amide bonds. The predicted molar refractivity (Wildman–Crippen MR) is 109 cm³/mol. The normalized spacial score (nSPS) is 17.4. The molecule has 160 valence electrons. The number of rotatable bonds is 10. The average Bonchev–Trinajstić information content (AvgIpc) is 3.22. The van der Waals surface area contributed by atoms with E-state index in [2.05, 4.69) is 29.2 Å². The first-order valence-electron chi connectivity index (χ1n) is 10.0. The van der Waals surface area contributed by atoms with Gasteiger partial charge in [-0.15, -0.1) is 0 Å². The van der Waals surface area contributed by atoms with E-state index in [1.54, 1.807) is 0 Å². The highest BCUT2D eigenvalue weighted by atomic mass is 19.3. The van der Waals surface area contributed by atoms with Gasteiger partial charge in [0, 0.05) is 38.6 Å². The van der Waals surface area contributed by atoms with Gasteiger partial charge in [0.2, 0.25) is 5.78 Å². The summed E-state index contributed by atoms with van der Waals surface area (Å²) in [6.07, 6.45) is 0.395. The molecule has 0 spiro atoms. The highest BCUT2D eigenvalue weighted by Crippen LogP contribution is 2.22. The van der Waals surface area contributed by atoms with Crippen LogP contribution in [0, 0.1) is 0 Å². The highest BCUT2D eigenvalue weighted by Gasteiger charge is 2.46. The molecule has 2 aromatic rings. The molecule has 7 heteroatoms. The molecule has 0 radical (unpaired) electrons. The number of carboxylic acid groups (broad SMARTS) is 1. The molecule has 1 aliphatic heterocycles. The molecule has 30 heavy (non-hydrogen) atoms. The van der Waals surface area contributed by atoms with Crippen molar-refractivity contribution in [1.82, 2.24) is 9.80 Å². The van der Waals surface area contributed by atoms with Gasteiger partial charge in [0.25, 0.3) is 0 Å². The number of ketones is 1. The number of aliphatic carboxylic acids is 1. The van der Waals surface area contributed by atoms with Crippen molar-refractivity contribution in [3.63, 3.8) is 0 Å². The molecule has 1 fully saturated rings. The minimum atomic E-state index is -4.31. The molecule has 0 bridgehead atoms. The van der Waals surface area contributed by atoms with Crippen LogP contribution in [0.2, 0.25) is 0 Å². The van der Waals surface area contributed by atoms with E-state index >= 15 is 0 Å². The van der Waals surface area contributed by atoms with Crippen LogP contribution in [0.1, 0.15) is 24.0 Å². The van der Waals surface area contributed by atoms with Crippen molar-refractivity contribution in [2.24, 2.45) is 0 Å². The summed E-state index contributed by atoms with van der Waals surface area (Å²) in [4.78, 5) is 26.5. The summed E-state index contributed by atoms with van der Waals surface area (Å²) in [6.45, 7) is 3.03. The number of likely N-dealkylation sites (tertiary alicyclic amines) is 1. The Balaban J connectivity index is 1.62. The summed E-state index contributed by atoms with van der Waals surface area (Å²) in [7, 11) is 0. The van der Waals surface area contributed by atoms with Crippen molar-refractivity contribution in [3.05, 3.63) is 71.8 Å². The van der Waals surface area contributed by atoms with E-state index in [4.69, 9.17) is 5.11 Å². The van der Waals surface area contributed by atoms with Crippen LogP contribution >= 0.6 is 0 Å². The fourth-order valence-electron chi connectivity index (χ4n) is 3.80. The van der Waals surface area contributed by atoms with Crippen LogP contribution in [0.25, 0.3) is 0 Å². The fraction of sp³-hybridized carbons (Fsp3) is 0.391. The van der Waals surface area contributed by atoms with Crippen molar-refractivity contribution >= 4 is 11.8 Å². The van der Waals surface area contributed by atoms with Crippen LogP contribution < -0.4 is 0 Å². The minimum absolute atomic E-state index is 0.142. The summed E-state index contributed by atoms with van der Waals surface area (Å²) in [6, 6.07) is 20.5. The molecule has 1 heterocycles. The zero-order valence-electron chi connectivity index (χ0n) is 16.7. The molecule has 5 nitrogen and oxygen atoms in total. The summed E-state index contributed by atoms with van der Waals surface area (Å²) in [5.41, 5.74) is 2.39. The number of hydrogen-bond donors (Lipinski definition) is 1. The van der Waals surface area contributed by atoms with Crippen LogP contribution in [-0.2, 0) is 22.7 Å². The lowest BCUT2D eigenvalue weighted by molar-refractivity contribution is -0.171. The number of benzene rings is 2. The lowest BCUT2D eigenvalue weighted by atomic mass is 10.1. The number of nitrogens with zero attached hydrogens (tertiary/aromatic N) is 2. The van der Waals surface area contributed by atoms with Crippen LogP contribution in [-0.4, -0.2) is 58.3 Å². The number of alkyl halides is 2. The van der Waals surface area contributed by atoms with Crippen molar-refractivity contribution in [1.29, 1.82) is 0 Å². The smallest absolute Gasteiger partial charge is 0.399 e. The Kier molecular flexibility index (Phi) is 7.29.